The molecule has 0 aliphatic heterocycles. The molecule has 0 saturated carbocycles. The Bertz CT molecular complexity index is 1100. The summed E-state index contributed by atoms with van der Waals surface area (Å²) in [7, 11) is 1.44. The van der Waals surface area contributed by atoms with Crippen molar-refractivity contribution in [3.63, 3.8) is 0 Å². The number of likely N-dealkylation sites (N-methyl/N-ethyl adjacent to an activating group) is 1. The van der Waals surface area contributed by atoms with Crippen molar-refractivity contribution in [1.29, 1.82) is 0 Å². The van der Waals surface area contributed by atoms with E-state index < -0.39 is 12.0 Å². The summed E-state index contributed by atoms with van der Waals surface area (Å²) < 4.78 is 1.93. The van der Waals surface area contributed by atoms with Crippen LogP contribution in [0.3, 0.4) is 0 Å². The maximum atomic E-state index is 12.4. The second-order valence-corrected chi connectivity index (χ2v) is 7.52. The van der Waals surface area contributed by atoms with Gasteiger partial charge < -0.3 is 25.0 Å². The zero-order valence-corrected chi connectivity index (χ0v) is 17.9. The molecule has 8 nitrogen and oxygen atoms in total. The highest BCUT2D eigenvalue weighted by atomic mass is 16.4. The molecule has 158 valence electrons. The van der Waals surface area contributed by atoms with Gasteiger partial charge in [-0.15, -0.1) is 0 Å². The molecule has 0 aliphatic carbocycles. The normalized spacial score (nSPS) is 10.8. The number of carbonyl (C=O) groups excluding carboxylic acids is 1. The van der Waals surface area contributed by atoms with Crippen LogP contribution in [0, 0.1) is 27.7 Å². The number of nitrogens with one attached hydrogen (secondary N) is 2. The third kappa shape index (κ3) is 4.37. The predicted molar refractivity (Wildman–Crippen MR) is 117 cm³/mol. The average molecular weight is 409 g/mol. The maximum Gasteiger partial charge on any atom is 0.323 e. The molecule has 30 heavy (non-hydrogen) atoms. The minimum atomic E-state index is -1.07. The van der Waals surface area contributed by atoms with E-state index in [9.17, 15) is 9.59 Å². The molecule has 0 radical (unpaired) electrons. The van der Waals surface area contributed by atoms with Crippen molar-refractivity contribution in [2.24, 2.45) is 0 Å². The highest BCUT2D eigenvalue weighted by Crippen LogP contribution is 2.26. The number of hydrogen-bond donors (Lipinski definition) is 3. The van der Waals surface area contributed by atoms with Gasteiger partial charge in [-0.2, -0.15) is 0 Å². The number of anilines is 2. The lowest BCUT2D eigenvalue weighted by molar-refractivity contribution is -0.137. The molecular formula is C22H27N5O3. The molecule has 2 amide bonds. The van der Waals surface area contributed by atoms with Crippen molar-refractivity contribution >= 4 is 29.0 Å². The van der Waals surface area contributed by atoms with Crippen molar-refractivity contribution in [2.45, 2.75) is 34.2 Å². The van der Waals surface area contributed by atoms with Gasteiger partial charge in [-0.3, -0.25) is 4.79 Å². The molecule has 0 atom stereocenters. The number of aryl methyl sites for hydroxylation is 4. The Labute approximate surface area is 175 Å². The molecule has 0 fully saturated rings. The van der Waals surface area contributed by atoms with Crippen LogP contribution in [0.1, 0.15) is 28.1 Å². The number of hydrogen-bond acceptors (Lipinski definition) is 4. The van der Waals surface area contributed by atoms with Crippen molar-refractivity contribution in [1.82, 2.24) is 14.3 Å². The van der Waals surface area contributed by atoms with Crippen LogP contribution < -0.4 is 10.6 Å². The summed E-state index contributed by atoms with van der Waals surface area (Å²) in [5, 5.41) is 15.1. The van der Waals surface area contributed by atoms with Gasteiger partial charge in [-0.05, 0) is 50.5 Å². The summed E-state index contributed by atoms with van der Waals surface area (Å²) in [5.41, 5.74) is 7.59. The number of carbonyl (C=O) groups is 2. The summed E-state index contributed by atoms with van der Waals surface area (Å²) in [4.78, 5) is 29.0. The van der Waals surface area contributed by atoms with Crippen LogP contribution in [0.25, 0.3) is 5.65 Å². The second kappa shape index (κ2) is 8.44. The number of pyridine rings is 1. The lowest BCUT2D eigenvalue weighted by Gasteiger charge is -2.17. The third-order valence-corrected chi connectivity index (χ3v) is 5.27. The predicted octanol–water partition coefficient (Wildman–Crippen LogP) is 3.73. The summed E-state index contributed by atoms with van der Waals surface area (Å²) in [6, 6.07) is 7.53. The van der Waals surface area contributed by atoms with E-state index in [0.717, 1.165) is 27.6 Å². The number of carboxylic acids is 1. The Morgan fingerprint density at radius 1 is 1.17 bits per heavy atom. The SMILES string of the molecule is Cc1cccc(C)c1CNc1cc(NC(=O)N(C)CC(=O)O)cn2c(C)c(C)nc12. The zero-order valence-electron chi connectivity index (χ0n) is 17.9. The van der Waals surface area contributed by atoms with Crippen LogP contribution in [0.15, 0.2) is 30.5 Å². The Kier molecular flexibility index (Phi) is 5.96. The Balaban J connectivity index is 1.93. The number of aliphatic carboxylic acids is 1. The minimum absolute atomic E-state index is 0.380. The first-order chi connectivity index (χ1) is 14.2. The van der Waals surface area contributed by atoms with Gasteiger partial charge in [0.05, 0.1) is 17.1 Å². The lowest BCUT2D eigenvalue weighted by atomic mass is 10.0. The number of fused-ring (bicyclic) bond motifs is 1. The number of aromatic nitrogens is 2. The van der Waals surface area contributed by atoms with Crippen molar-refractivity contribution in [3.8, 4) is 0 Å². The molecule has 0 bridgehead atoms. The molecule has 0 spiro atoms. The maximum absolute atomic E-state index is 12.4. The highest BCUT2D eigenvalue weighted by molar-refractivity contribution is 5.92. The van der Waals surface area contributed by atoms with Crippen LogP contribution >= 0.6 is 0 Å². The first kappa shape index (κ1) is 21.2. The second-order valence-electron chi connectivity index (χ2n) is 7.52. The van der Waals surface area contributed by atoms with E-state index in [1.54, 1.807) is 6.20 Å². The summed E-state index contributed by atoms with van der Waals surface area (Å²) >= 11 is 0. The standard InChI is InChI=1S/C22H27N5O3/c1-13-7-6-8-14(2)18(13)10-23-19-9-17(25-22(30)26(5)12-20(28)29)11-27-16(4)15(3)24-21(19)27/h6-9,11,23H,10,12H2,1-5H3,(H,25,30)(H,28,29). The molecule has 1 aromatic carbocycles. The fourth-order valence-corrected chi connectivity index (χ4v) is 3.37. The molecule has 3 N–H and O–H groups in total. The monoisotopic (exact) mass is 409 g/mol. The first-order valence-corrected chi connectivity index (χ1v) is 9.69. The van der Waals surface area contributed by atoms with Crippen molar-refractivity contribution < 1.29 is 14.7 Å². The van der Waals surface area contributed by atoms with Crippen LogP contribution in [-0.4, -0.2) is 45.0 Å². The number of nitrogens with zero attached hydrogens (tertiary/aromatic N) is 3. The van der Waals surface area contributed by atoms with E-state index in [0.29, 0.717) is 12.2 Å². The molecule has 2 heterocycles. The van der Waals surface area contributed by atoms with Gasteiger partial charge in [0.1, 0.15) is 6.54 Å². The third-order valence-electron chi connectivity index (χ3n) is 5.27. The largest absolute Gasteiger partial charge is 0.480 e. The molecule has 3 aromatic rings. The van der Waals surface area contributed by atoms with E-state index in [1.165, 1.54) is 23.7 Å². The van der Waals surface area contributed by atoms with Crippen molar-refractivity contribution in [3.05, 3.63) is 58.5 Å². The minimum Gasteiger partial charge on any atom is -0.480 e. The fourth-order valence-electron chi connectivity index (χ4n) is 3.37. The van der Waals surface area contributed by atoms with Crippen molar-refractivity contribution in [2.75, 3.05) is 24.2 Å². The number of benzene rings is 1. The van der Waals surface area contributed by atoms with Crippen LogP contribution in [0.2, 0.25) is 0 Å². The number of carboxylic acid groups (broad SMARTS) is 1. The van der Waals surface area contributed by atoms with E-state index in [4.69, 9.17) is 5.11 Å². The number of rotatable bonds is 6. The van der Waals surface area contributed by atoms with Gasteiger partial charge in [0.2, 0.25) is 0 Å². The van der Waals surface area contributed by atoms with E-state index in [-0.39, 0.29) is 6.54 Å². The van der Waals surface area contributed by atoms with Gasteiger partial charge in [-0.25, -0.2) is 9.78 Å². The average Bonchev–Trinajstić information content (AvgIpc) is 2.95. The Morgan fingerprint density at radius 3 is 2.47 bits per heavy atom. The first-order valence-electron chi connectivity index (χ1n) is 9.69. The molecule has 0 unspecified atom stereocenters. The number of imidazole rings is 1. The molecule has 3 rings (SSSR count). The van der Waals surface area contributed by atoms with Gasteiger partial charge in [0, 0.05) is 25.5 Å². The molecular weight excluding hydrogens is 382 g/mol. The van der Waals surface area contributed by atoms with E-state index in [1.807, 2.05) is 30.4 Å². The lowest BCUT2D eigenvalue weighted by Crippen LogP contribution is -2.35. The Hall–Kier alpha value is -3.55. The van der Waals surface area contributed by atoms with Crippen LogP contribution in [-0.2, 0) is 11.3 Å². The van der Waals surface area contributed by atoms with Gasteiger partial charge in [-0.1, -0.05) is 18.2 Å². The topological polar surface area (TPSA) is 99.0 Å². The van der Waals surface area contributed by atoms with E-state index >= 15 is 0 Å². The summed E-state index contributed by atoms with van der Waals surface area (Å²) in [6.07, 6.45) is 1.79. The zero-order chi connectivity index (χ0) is 22.0. The van der Waals surface area contributed by atoms with E-state index in [2.05, 4.69) is 41.6 Å². The summed E-state index contributed by atoms with van der Waals surface area (Å²) in [5.74, 6) is -1.07. The molecule has 0 aliphatic rings. The smallest absolute Gasteiger partial charge is 0.323 e. The van der Waals surface area contributed by atoms with Crippen LogP contribution in [0.4, 0.5) is 16.2 Å². The Morgan fingerprint density at radius 2 is 1.83 bits per heavy atom. The molecule has 8 heteroatoms. The fraction of sp³-hybridized carbons (Fsp3) is 0.318. The molecule has 0 saturated heterocycles. The molecule has 2 aromatic heterocycles. The van der Waals surface area contributed by atoms with Gasteiger partial charge in [0.15, 0.2) is 5.65 Å². The van der Waals surface area contributed by atoms with Gasteiger partial charge in [0.25, 0.3) is 0 Å². The summed E-state index contributed by atoms with van der Waals surface area (Å²) in [6.45, 7) is 8.31. The number of urea groups is 1. The van der Waals surface area contributed by atoms with Gasteiger partial charge >= 0.3 is 12.0 Å². The highest BCUT2D eigenvalue weighted by Gasteiger charge is 2.16. The quantitative estimate of drug-likeness (QED) is 0.576. The van der Waals surface area contributed by atoms with Crippen LogP contribution in [0.5, 0.6) is 0 Å². The number of amides is 2.